The second-order valence-electron chi connectivity index (χ2n) is 7.06. The Labute approximate surface area is 195 Å². The molecule has 1 aromatic heterocycles. The number of hydrogen-bond donors (Lipinski definition) is 0. The van der Waals surface area contributed by atoms with E-state index in [0.29, 0.717) is 33.4 Å². The Morgan fingerprint density at radius 2 is 1.91 bits per heavy atom. The van der Waals surface area contributed by atoms with Crippen LogP contribution in [0.3, 0.4) is 0 Å². The van der Waals surface area contributed by atoms with Crippen molar-refractivity contribution in [1.29, 1.82) is 0 Å². The monoisotopic (exact) mass is 466 g/mol. The van der Waals surface area contributed by atoms with E-state index in [-0.39, 0.29) is 17.5 Å². The lowest BCUT2D eigenvalue weighted by atomic mass is 10.1. The second-order valence-corrected chi connectivity index (χ2v) is 8.29. The molecule has 0 fully saturated rings. The summed E-state index contributed by atoms with van der Waals surface area (Å²) in [5.74, 6) is 0.932. The zero-order valence-electron chi connectivity index (χ0n) is 18.6. The van der Waals surface area contributed by atoms with Crippen molar-refractivity contribution < 1.29 is 23.8 Å². The van der Waals surface area contributed by atoms with Gasteiger partial charge in [0.15, 0.2) is 17.2 Å². The lowest BCUT2D eigenvalue weighted by molar-refractivity contribution is -0.132. The van der Waals surface area contributed by atoms with E-state index in [9.17, 15) is 9.59 Å². The number of carbonyl (C=O) groups is 2. The molecule has 0 aliphatic carbocycles. The molecule has 170 valence electrons. The van der Waals surface area contributed by atoms with Crippen molar-refractivity contribution in [2.24, 2.45) is 0 Å². The molecule has 1 aliphatic rings. The fourth-order valence-corrected chi connectivity index (χ4v) is 4.04. The number of benzene rings is 2. The molecule has 1 aliphatic heterocycles. The molecule has 0 spiro atoms. The predicted molar refractivity (Wildman–Crippen MR) is 122 cm³/mol. The molecule has 9 nitrogen and oxygen atoms in total. The van der Waals surface area contributed by atoms with Gasteiger partial charge < -0.3 is 14.2 Å². The summed E-state index contributed by atoms with van der Waals surface area (Å²) < 4.78 is 17.0. The number of anilines is 1. The maximum absolute atomic E-state index is 12.9. The highest BCUT2D eigenvalue weighted by atomic mass is 32.2. The van der Waals surface area contributed by atoms with Crippen molar-refractivity contribution in [2.45, 2.75) is 32.2 Å². The Morgan fingerprint density at radius 1 is 1.12 bits per heavy atom. The van der Waals surface area contributed by atoms with Gasteiger partial charge in [0.05, 0.1) is 12.8 Å². The highest BCUT2D eigenvalue weighted by Gasteiger charge is 2.35. The number of fused-ring (bicyclic) bond motifs is 3. The maximum Gasteiger partial charge on any atom is 0.308 e. The molecule has 3 aromatic rings. The molecule has 1 atom stereocenters. The lowest BCUT2D eigenvalue weighted by Gasteiger charge is -2.30. The first-order chi connectivity index (χ1) is 15.9. The number of hydrogen-bond acceptors (Lipinski definition) is 9. The van der Waals surface area contributed by atoms with Gasteiger partial charge in [0.1, 0.15) is 0 Å². The Hall–Kier alpha value is -3.66. The highest BCUT2D eigenvalue weighted by molar-refractivity contribution is 7.99. The normalized spacial score (nSPS) is 14.4. The average molecular weight is 467 g/mol. The van der Waals surface area contributed by atoms with E-state index in [1.54, 1.807) is 18.2 Å². The van der Waals surface area contributed by atoms with Gasteiger partial charge in [0.2, 0.25) is 23.2 Å². The number of amides is 1. The van der Waals surface area contributed by atoms with E-state index < -0.39 is 12.2 Å². The summed E-state index contributed by atoms with van der Waals surface area (Å²) in [4.78, 5) is 30.4. The molecule has 33 heavy (non-hydrogen) atoms. The summed E-state index contributed by atoms with van der Waals surface area (Å²) >= 11 is 1.44. The maximum atomic E-state index is 12.9. The highest BCUT2D eigenvalue weighted by Crippen LogP contribution is 2.44. The van der Waals surface area contributed by atoms with Crippen LogP contribution in [-0.2, 0) is 9.59 Å². The standard InChI is InChI=1S/C23H22N4O5S/c1-5-33-23-24-21-20(25-26-23)16-8-6-7-9-17(16)27(13(2)28)22(32-21)15-10-11-18(31-14(3)29)19(12-15)30-4/h6-12,22H,5H2,1-4H3/t22-/m1/s1. The van der Waals surface area contributed by atoms with Crippen LogP contribution >= 0.6 is 11.8 Å². The van der Waals surface area contributed by atoms with E-state index in [0.717, 1.165) is 5.75 Å². The van der Waals surface area contributed by atoms with Gasteiger partial charge in [0.25, 0.3) is 0 Å². The van der Waals surface area contributed by atoms with E-state index in [4.69, 9.17) is 14.2 Å². The number of nitrogens with zero attached hydrogens (tertiary/aromatic N) is 4. The largest absolute Gasteiger partial charge is 0.493 e. The van der Waals surface area contributed by atoms with Crippen LogP contribution in [0.4, 0.5) is 5.69 Å². The minimum absolute atomic E-state index is 0.237. The number of ether oxygens (including phenoxy) is 3. The van der Waals surface area contributed by atoms with Crippen LogP contribution in [-0.4, -0.2) is 39.9 Å². The fraction of sp³-hybridized carbons (Fsp3) is 0.261. The van der Waals surface area contributed by atoms with Crippen molar-refractivity contribution >= 4 is 29.3 Å². The van der Waals surface area contributed by atoms with Crippen LogP contribution in [0.2, 0.25) is 0 Å². The van der Waals surface area contributed by atoms with E-state index >= 15 is 0 Å². The average Bonchev–Trinajstić information content (AvgIpc) is 2.93. The molecule has 2 aromatic carbocycles. The van der Waals surface area contributed by atoms with E-state index in [1.807, 2.05) is 31.2 Å². The van der Waals surface area contributed by atoms with Gasteiger partial charge in [-0.2, -0.15) is 4.98 Å². The van der Waals surface area contributed by atoms with Gasteiger partial charge in [-0.15, -0.1) is 10.2 Å². The lowest BCUT2D eigenvalue weighted by Crippen LogP contribution is -2.36. The molecule has 0 radical (unpaired) electrons. The van der Waals surface area contributed by atoms with Crippen LogP contribution < -0.4 is 19.1 Å². The topological polar surface area (TPSA) is 104 Å². The van der Waals surface area contributed by atoms with Gasteiger partial charge >= 0.3 is 5.97 Å². The fourth-order valence-electron chi connectivity index (χ4n) is 3.54. The van der Waals surface area contributed by atoms with Crippen molar-refractivity contribution in [3.8, 4) is 28.6 Å². The van der Waals surface area contributed by atoms with Gasteiger partial charge in [-0.3, -0.25) is 14.5 Å². The molecule has 0 N–H and O–H groups in total. The smallest absolute Gasteiger partial charge is 0.308 e. The quantitative estimate of drug-likeness (QED) is 0.313. The first-order valence-electron chi connectivity index (χ1n) is 10.2. The molecular formula is C23H22N4O5S. The molecule has 2 heterocycles. The van der Waals surface area contributed by atoms with E-state index in [2.05, 4.69) is 15.2 Å². The Kier molecular flexibility index (Phi) is 6.45. The van der Waals surface area contributed by atoms with Crippen LogP contribution in [0.25, 0.3) is 11.3 Å². The minimum atomic E-state index is -0.874. The molecule has 10 heteroatoms. The number of thioether (sulfide) groups is 1. The minimum Gasteiger partial charge on any atom is -0.493 e. The Balaban J connectivity index is 1.90. The summed E-state index contributed by atoms with van der Waals surface area (Å²) in [7, 11) is 1.47. The molecule has 0 bridgehead atoms. The van der Waals surface area contributed by atoms with Gasteiger partial charge in [-0.25, -0.2) is 0 Å². The first-order valence-corrected chi connectivity index (χ1v) is 11.2. The third-order valence-corrected chi connectivity index (χ3v) is 5.57. The third kappa shape index (κ3) is 4.47. The Bertz CT molecular complexity index is 1220. The van der Waals surface area contributed by atoms with E-state index in [1.165, 1.54) is 37.6 Å². The molecule has 0 saturated heterocycles. The second kappa shape index (κ2) is 9.45. The predicted octanol–water partition coefficient (Wildman–Crippen LogP) is 4.03. The summed E-state index contributed by atoms with van der Waals surface area (Å²) in [5.41, 5.74) is 2.35. The van der Waals surface area contributed by atoms with Crippen LogP contribution in [0.5, 0.6) is 17.4 Å². The molecule has 0 saturated carbocycles. The zero-order chi connectivity index (χ0) is 23.5. The summed E-state index contributed by atoms with van der Waals surface area (Å²) in [6.45, 7) is 4.77. The van der Waals surface area contributed by atoms with Crippen molar-refractivity contribution in [3.63, 3.8) is 0 Å². The number of rotatable bonds is 5. The van der Waals surface area contributed by atoms with Gasteiger partial charge in [-0.1, -0.05) is 36.9 Å². The van der Waals surface area contributed by atoms with Gasteiger partial charge in [-0.05, 0) is 30.0 Å². The summed E-state index contributed by atoms with van der Waals surface area (Å²) in [6, 6.07) is 12.4. The number of esters is 1. The molecule has 1 amide bonds. The van der Waals surface area contributed by atoms with Crippen molar-refractivity contribution in [3.05, 3.63) is 48.0 Å². The number of para-hydroxylation sites is 1. The number of aromatic nitrogens is 3. The van der Waals surface area contributed by atoms with Crippen LogP contribution in [0, 0.1) is 0 Å². The van der Waals surface area contributed by atoms with Crippen LogP contribution in [0.15, 0.2) is 47.6 Å². The molecular weight excluding hydrogens is 444 g/mol. The summed E-state index contributed by atoms with van der Waals surface area (Å²) in [6.07, 6.45) is -0.874. The van der Waals surface area contributed by atoms with Crippen molar-refractivity contribution in [1.82, 2.24) is 15.2 Å². The molecule has 4 rings (SSSR count). The Morgan fingerprint density at radius 3 is 2.61 bits per heavy atom. The number of methoxy groups -OCH3 is 1. The van der Waals surface area contributed by atoms with Crippen LogP contribution in [0.1, 0.15) is 32.6 Å². The summed E-state index contributed by atoms with van der Waals surface area (Å²) in [5, 5.41) is 9.05. The number of carbonyl (C=O) groups excluding carboxylic acids is 2. The van der Waals surface area contributed by atoms with Gasteiger partial charge in [0, 0.05) is 25.0 Å². The SMILES string of the molecule is CCSc1nnc2c(n1)O[C@H](c1ccc(OC(C)=O)c(OC)c1)N(C(C)=O)c1ccccc1-2. The first kappa shape index (κ1) is 22.5. The zero-order valence-corrected chi connectivity index (χ0v) is 19.4. The molecule has 0 unspecified atom stereocenters. The third-order valence-electron chi connectivity index (χ3n) is 4.85. The van der Waals surface area contributed by atoms with Crippen molar-refractivity contribution in [2.75, 3.05) is 17.8 Å².